The summed E-state index contributed by atoms with van der Waals surface area (Å²) in [6, 6.07) is 25.3. The molecule has 148 valence electrons. The van der Waals surface area contributed by atoms with E-state index in [0.717, 1.165) is 11.1 Å². The average molecular weight is 387 g/mol. The van der Waals surface area contributed by atoms with Crippen LogP contribution in [-0.4, -0.2) is 18.5 Å². The molecule has 0 fully saturated rings. The van der Waals surface area contributed by atoms with Crippen LogP contribution in [0, 0.1) is 6.92 Å². The predicted octanol–water partition coefficient (Wildman–Crippen LogP) is 5.33. The number of hydrogen-bond donors (Lipinski definition) is 1. The van der Waals surface area contributed by atoms with Crippen molar-refractivity contribution < 1.29 is 14.3 Å². The molecule has 0 unspecified atom stereocenters. The van der Waals surface area contributed by atoms with Gasteiger partial charge in [0.15, 0.2) is 0 Å². The quantitative estimate of drug-likeness (QED) is 0.557. The number of hydrogen-bond acceptors (Lipinski definition) is 3. The van der Waals surface area contributed by atoms with Gasteiger partial charge in [-0.05, 0) is 42.7 Å². The van der Waals surface area contributed by atoms with Crippen molar-refractivity contribution in [2.45, 2.75) is 26.2 Å². The maximum atomic E-state index is 12.9. The highest BCUT2D eigenvalue weighted by molar-refractivity contribution is 5.97. The monoisotopic (exact) mass is 387 g/mol. The summed E-state index contributed by atoms with van der Waals surface area (Å²) in [5.41, 5.74) is 3.97. The molecule has 0 saturated carbocycles. The maximum Gasteiger partial charge on any atom is 0.338 e. The average Bonchev–Trinajstić information content (AvgIpc) is 2.75. The molecule has 0 radical (unpaired) electrons. The van der Waals surface area contributed by atoms with Crippen molar-refractivity contribution in [3.05, 3.63) is 101 Å². The molecule has 0 spiro atoms. The van der Waals surface area contributed by atoms with Crippen LogP contribution in [0.15, 0.2) is 78.9 Å². The maximum absolute atomic E-state index is 12.9. The Morgan fingerprint density at radius 3 is 2.00 bits per heavy atom. The van der Waals surface area contributed by atoms with Crippen molar-refractivity contribution in [1.82, 2.24) is 0 Å². The Kier molecular flexibility index (Phi) is 6.80. The van der Waals surface area contributed by atoms with E-state index in [9.17, 15) is 9.59 Å². The summed E-state index contributed by atoms with van der Waals surface area (Å²) in [5.74, 6) is -0.537. The van der Waals surface area contributed by atoms with E-state index in [0.29, 0.717) is 29.8 Å². The lowest BCUT2D eigenvalue weighted by molar-refractivity contribution is -0.116. The first-order valence-electron chi connectivity index (χ1n) is 9.76. The molecule has 3 aromatic rings. The smallest absolute Gasteiger partial charge is 0.338 e. The van der Waals surface area contributed by atoms with Crippen molar-refractivity contribution in [2.24, 2.45) is 0 Å². The van der Waals surface area contributed by atoms with Gasteiger partial charge >= 0.3 is 5.97 Å². The lowest BCUT2D eigenvalue weighted by atomic mass is 9.88. The van der Waals surface area contributed by atoms with Gasteiger partial charge in [0.05, 0.1) is 12.2 Å². The van der Waals surface area contributed by atoms with Crippen molar-refractivity contribution in [1.29, 1.82) is 0 Å². The van der Waals surface area contributed by atoms with Crippen molar-refractivity contribution in [3.8, 4) is 0 Å². The fourth-order valence-electron chi connectivity index (χ4n) is 3.39. The first-order valence-corrected chi connectivity index (χ1v) is 9.76. The Bertz CT molecular complexity index is 928. The van der Waals surface area contributed by atoms with E-state index in [1.807, 2.05) is 67.6 Å². The summed E-state index contributed by atoms with van der Waals surface area (Å²) >= 11 is 0. The van der Waals surface area contributed by atoms with Crippen molar-refractivity contribution >= 4 is 17.6 Å². The van der Waals surface area contributed by atoms with Crippen molar-refractivity contribution in [3.63, 3.8) is 0 Å². The Hall–Kier alpha value is -3.40. The third-order valence-corrected chi connectivity index (χ3v) is 4.90. The van der Waals surface area contributed by atoms with Crippen LogP contribution >= 0.6 is 0 Å². The molecule has 0 aliphatic heterocycles. The van der Waals surface area contributed by atoms with Gasteiger partial charge < -0.3 is 10.1 Å². The Morgan fingerprint density at radius 1 is 0.862 bits per heavy atom. The molecule has 0 atom stereocenters. The zero-order valence-electron chi connectivity index (χ0n) is 16.7. The topological polar surface area (TPSA) is 55.4 Å². The highest BCUT2D eigenvalue weighted by Gasteiger charge is 2.19. The predicted molar refractivity (Wildman–Crippen MR) is 115 cm³/mol. The Balaban J connectivity index is 1.81. The van der Waals surface area contributed by atoms with Gasteiger partial charge in [0.1, 0.15) is 0 Å². The largest absolute Gasteiger partial charge is 0.462 e. The molecule has 4 nitrogen and oxygen atoms in total. The minimum atomic E-state index is -0.382. The summed E-state index contributed by atoms with van der Waals surface area (Å²) in [4.78, 5) is 25.0. The van der Waals surface area contributed by atoms with E-state index in [1.165, 1.54) is 0 Å². The van der Waals surface area contributed by atoms with E-state index in [1.54, 1.807) is 25.1 Å². The van der Waals surface area contributed by atoms with Gasteiger partial charge in [-0.25, -0.2) is 4.79 Å². The number of carbonyl (C=O) groups is 2. The Labute approximate surface area is 171 Å². The number of ether oxygens (including phenoxy) is 1. The molecule has 1 amide bonds. The fourth-order valence-corrected chi connectivity index (χ4v) is 3.39. The lowest BCUT2D eigenvalue weighted by Crippen LogP contribution is -2.18. The molecule has 0 aliphatic rings. The van der Waals surface area contributed by atoms with Crippen molar-refractivity contribution in [2.75, 3.05) is 11.9 Å². The Morgan fingerprint density at radius 2 is 1.45 bits per heavy atom. The lowest BCUT2D eigenvalue weighted by Gasteiger charge is -2.19. The second-order valence-corrected chi connectivity index (χ2v) is 6.82. The van der Waals surface area contributed by atoms with Crippen LogP contribution in [0.3, 0.4) is 0 Å². The molecule has 3 aromatic carbocycles. The third kappa shape index (κ3) is 5.11. The summed E-state index contributed by atoms with van der Waals surface area (Å²) in [6.07, 6.45) is 0.303. The van der Waals surface area contributed by atoms with E-state index in [2.05, 4.69) is 5.32 Å². The van der Waals surface area contributed by atoms with Crippen LogP contribution in [-0.2, 0) is 9.53 Å². The highest BCUT2D eigenvalue weighted by atomic mass is 16.5. The number of carbonyl (C=O) groups excluding carboxylic acids is 2. The molecular formula is C25H25NO3. The number of anilines is 1. The minimum Gasteiger partial charge on any atom is -0.462 e. The summed E-state index contributed by atoms with van der Waals surface area (Å²) in [6.45, 7) is 3.89. The molecule has 0 saturated heterocycles. The zero-order chi connectivity index (χ0) is 20.6. The first-order chi connectivity index (χ1) is 14.1. The van der Waals surface area contributed by atoms with Gasteiger partial charge in [0, 0.05) is 18.0 Å². The number of rotatable bonds is 7. The van der Waals surface area contributed by atoms with Gasteiger partial charge in [0.25, 0.3) is 0 Å². The standard InChI is InChI=1S/C25H25NO3/c1-3-29-25(28)21-15-10-16-23(18(21)2)26-24(27)17-22(19-11-6-4-7-12-19)20-13-8-5-9-14-20/h4-16,22H,3,17H2,1-2H3,(H,26,27). The number of esters is 1. The molecular weight excluding hydrogens is 362 g/mol. The van der Waals surface area contributed by atoms with Crippen LogP contribution in [0.25, 0.3) is 0 Å². The van der Waals surface area contributed by atoms with E-state index >= 15 is 0 Å². The summed E-state index contributed by atoms with van der Waals surface area (Å²) in [5, 5.41) is 2.97. The first kappa shape index (κ1) is 20.3. The molecule has 1 N–H and O–H groups in total. The molecule has 29 heavy (non-hydrogen) atoms. The SMILES string of the molecule is CCOC(=O)c1cccc(NC(=O)CC(c2ccccc2)c2ccccc2)c1C. The van der Waals surface area contributed by atoms with E-state index < -0.39 is 0 Å². The molecule has 0 bridgehead atoms. The fraction of sp³-hybridized carbons (Fsp3) is 0.200. The van der Waals surface area contributed by atoms with Crippen LogP contribution in [0.2, 0.25) is 0 Å². The van der Waals surface area contributed by atoms with Crippen LogP contribution in [0.5, 0.6) is 0 Å². The number of nitrogens with one attached hydrogen (secondary N) is 1. The molecule has 3 rings (SSSR count). The van der Waals surface area contributed by atoms with Gasteiger partial charge in [-0.3, -0.25) is 4.79 Å². The van der Waals surface area contributed by atoms with Crippen LogP contribution in [0.4, 0.5) is 5.69 Å². The second-order valence-electron chi connectivity index (χ2n) is 6.82. The van der Waals surface area contributed by atoms with Gasteiger partial charge in [0.2, 0.25) is 5.91 Å². The van der Waals surface area contributed by atoms with E-state index in [-0.39, 0.29) is 17.8 Å². The van der Waals surface area contributed by atoms with Gasteiger partial charge in [-0.15, -0.1) is 0 Å². The summed E-state index contributed by atoms with van der Waals surface area (Å²) < 4.78 is 5.10. The molecule has 0 heterocycles. The second kappa shape index (κ2) is 9.69. The van der Waals surface area contributed by atoms with Gasteiger partial charge in [-0.1, -0.05) is 66.7 Å². The molecule has 0 aliphatic carbocycles. The third-order valence-electron chi connectivity index (χ3n) is 4.90. The van der Waals surface area contributed by atoms with Crippen LogP contribution < -0.4 is 5.32 Å². The van der Waals surface area contributed by atoms with E-state index in [4.69, 9.17) is 4.74 Å². The normalized spacial score (nSPS) is 10.6. The molecule has 0 aromatic heterocycles. The number of benzene rings is 3. The summed E-state index contributed by atoms with van der Waals surface area (Å²) in [7, 11) is 0. The minimum absolute atomic E-state index is 0.0501. The zero-order valence-corrected chi connectivity index (χ0v) is 16.7. The van der Waals surface area contributed by atoms with Crippen LogP contribution in [0.1, 0.15) is 46.3 Å². The molecule has 4 heteroatoms. The number of amides is 1. The highest BCUT2D eigenvalue weighted by Crippen LogP contribution is 2.29. The van der Waals surface area contributed by atoms with Gasteiger partial charge in [-0.2, -0.15) is 0 Å².